The normalized spacial score (nSPS) is 13.9. The summed E-state index contributed by atoms with van der Waals surface area (Å²) in [6, 6.07) is 81.3. The number of ether oxygens (including phenoxy) is 8. The van der Waals surface area contributed by atoms with Gasteiger partial charge in [-0.05, 0) is 145 Å². The van der Waals surface area contributed by atoms with Gasteiger partial charge in [-0.2, -0.15) is 0 Å². The number of non-ortho nitro benzene ring substituents is 2. The van der Waals surface area contributed by atoms with Crippen LogP contribution in [0, 0.1) is 33.0 Å². The number of phenolic OH excluding ortho intramolecular Hbond substituents is 1. The van der Waals surface area contributed by atoms with Crippen LogP contribution < -0.4 is 64.9 Å². The number of rotatable bonds is 24. The second kappa shape index (κ2) is 51.8. The number of hydrogen-bond acceptors (Lipinski definition) is 22. The first kappa shape index (κ1) is 101. The van der Waals surface area contributed by atoms with Gasteiger partial charge in [0, 0.05) is 171 Å². The van der Waals surface area contributed by atoms with E-state index in [1.165, 1.54) is 30.3 Å². The minimum Gasteiger partial charge on any atom is -0.870 e. The summed E-state index contributed by atoms with van der Waals surface area (Å²) in [6.07, 6.45) is 0. The molecule has 0 spiro atoms. The van der Waals surface area contributed by atoms with Gasteiger partial charge in [0.05, 0.1) is 79.0 Å². The minimum atomic E-state index is -0.902. The number of nitrogens with zero attached hydrogens (tertiary/aromatic N) is 6. The number of morpholine rings is 4. The predicted octanol–water partition coefficient (Wildman–Crippen LogP) is 16.5. The van der Waals surface area contributed by atoms with E-state index in [4.69, 9.17) is 48.7 Å². The Morgan fingerprint density at radius 2 is 0.737 bits per heavy atom. The number of aromatic carboxylic acids is 1. The summed E-state index contributed by atoms with van der Waals surface area (Å²) in [5.41, 5.74) is 12.4. The molecule has 4 heterocycles. The fourth-order valence-electron chi connectivity index (χ4n) is 15.3. The maximum atomic E-state index is 13.5. The van der Waals surface area contributed by atoms with Crippen LogP contribution in [-0.2, 0) is 18.9 Å². The molecule has 31 heteroatoms. The monoisotopic (exact) mass is 1940 g/mol. The van der Waals surface area contributed by atoms with Crippen molar-refractivity contribution in [3.8, 4) is 39.9 Å². The van der Waals surface area contributed by atoms with Crippen molar-refractivity contribution in [2.45, 2.75) is 6.92 Å². The number of hydrogen-bond donors (Lipinski definition) is 5. The first-order valence-corrected chi connectivity index (χ1v) is 44.6. The van der Waals surface area contributed by atoms with Crippen LogP contribution >= 0.6 is 31.9 Å². The average Bonchev–Trinajstić information content (AvgIpc) is 0.796. The number of carbonyl (C=O) groups excluding carboxylic acids is 2. The zero-order valence-electron chi connectivity index (χ0n) is 73.8. The van der Waals surface area contributed by atoms with Gasteiger partial charge in [0.15, 0.2) is 0 Å². The number of aryl methyl sites for hydroxylation is 1. The molecule has 0 radical (unpaired) electrons. The van der Waals surface area contributed by atoms with E-state index in [-0.39, 0.29) is 74.7 Å². The van der Waals surface area contributed by atoms with Crippen molar-refractivity contribution in [3.05, 3.63) is 330 Å². The molecule has 4 aliphatic rings. The molecule has 0 bridgehead atoms. The third-order valence-corrected chi connectivity index (χ3v) is 23.2. The molecule has 0 unspecified atom stereocenters. The van der Waals surface area contributed by atoms with Crippen molar-refractivity contribution >= 4 is 132 Å². The van der Waals surface area contributed by atoms with Gasteiger partial charge in [-0.1, -0.05) is 171 Å². The number of fused-ring (bicyclic) bond motifs is 5. The molecule has 4 saturated heterocycles. The zero-order chi connectivity index (χ0) is 91.8. The SMILES string of the molecule is Cc1cc(F)ccc1-c1cccc(C(=O)Nc2ccc(OCCN3CCOCC3)c3ccccc23)c1.Nc1ccc(OCCN2CCOCC2)c2ccccc12.O=C(Nc1ccc(OCCN2CCOCC2)c2ccccc12)c1cccc(Br)c1.O=C(O)c1cccc(Br)c1.O=[N+]([O-])c1ccc(O)c2ccccc12.O=[N+]([O-])c1ccc(OCCN2CCOCC2)c2ccccc12.[Na+].[OH-]. The second-order valence-corrected chi connectivity index (χ2v) is 32.6. The number of anilines is 3. The van der Waals surface area contributed by atoms with Gasteiger partial charge in [0.2, 0.25) is 0 Å². The number of nitro groups is 2. The molecular formula is C102H103Br2FN9NaO18. The Morgan fingerprint density at radius 3 is 1.14 bits per heavy atom. The molecule has 686 valence electrons. The van der Waals surface area contributed by atoms with E-state index in [1.807, 2.05) is 153 Å². The van der Waals surface area contributed by atoms with Gasteiger partial charge >= 0.3 is 35.5 Å². The second-order valence-electron chi connectivity index (χ2n) is 30.8. The van der Waals surface area contributed by atoms with Crippen LogP contribution in [0.5, 0.6) is 28.7 Å². The Kier molecular flexibility index (Phi) is 39.5. The maximum absolute atomic E-state index is 13.5. The number of nitrogens with one attached hydrogen (secondary N) is 2. The van der Waals surface area contributed by atoms with E-state index in [1.54, 1.807) is 91.0 Å². The Hall–Kier alpha value is -12.1. The summed E-state index contributed by atoms with van der Waals surface area (Å²) in [5, 5.41) is 54.1. The topological polar surface area (TPSA) is 345 Å². The first-order chi connectivity index (χ1) is 63.8. The van der Waals surface area contributed by atoms with E-state index in [0.717, 1.165) is 229 Å². The van der Waals surface area contributed by atoms with E-state index in [0.29, 0.717) is 65.0 Å². The molecule has 0 aliphatic carbocycles. The molecule has 27 nitrogen and oxygen atoms in total. The molecule has 14 aromatic rings. The van der Waals surface area contributed by atoms with Gasteiger partial charge in [0.1, 0.15) is 61.0 Å². The van der Waals surface area contributed by atoms with E-state index in [9.17, 15) is 44.1 Å². The summed E-state index contributed by atoms with van der Waals surface area (Å²) in [5.74, 6) is 1.76. The fraction of sp³-hybridized carbons (Fsp3) is 0.245. The molecule has 133 heavy (non-hydrogen) atoms. The number of carboxylic acid groups (broad SMARTS) is 1. The van der Waals surface area contributed by atoms with Crippen LogP contribution in [0.15, 0.2) is 282 Å². The van der Waals surface area contributed by atoms with Crippen LogP contribution in [0.2, 0.25) is 0 Å². The molecule has 4 fully saturated rings. The molecule has 0 atom stereocenters. The number of phenols is 1. The predicted molar refractivity (Wildman–Crippen MR) is 520 cm³/mol. The number of nitrogens with two attached hydrogens (primary N) is 1. The number of benzene rings is 14. The van der Waals surface area contributed by atoms with Crippen molar-refractivity contribution < 1.29 is 112 Å². The molecule has 0 aromatic heterocycles. The Morgan fingerprint density at radius 1 is 0.406 bits per heavy atom. The molecule has 0 saturated carbocycles. The Labute approximate surface area is 808 Å². The number of carboxylic acids is 1. The number of nitrogen functional groups attached to an aromatic ring is 1. The van der Waals surface area contributed by atoms with Crippen molar-refractivity contribution in [2.24, 2.45) is 0 Å². The number of aromatic hydroxyl groups is 1. The van der Waals surface area contributed by atoms with E-state index >= 15 is 0 Å². The van der Waals surface area contributed by atoms with Crippen molar-refractivity contribution in [1.82, 2.24) is 19.6 Å². The first-order valence-electron chi connectivity index (χ1n) is 43.1. The van der Waals surface area contributed by atoms with Crippen LogP contribution in [0.1, 0.15) is 36.6 Å². The Balaban J connectivity index is 0.000000159. The molecule has 7 N–H and O–H groups in total. The van der Waals surface area contributed by atoms with Crippen molar-refractivity contribution in [2.75, 3.05) is 174 Å². The summed E-state index contributed by atoms with van der Waals surface area (Å²) in [6.45, 7) is 21.7. The minimum absolute atomic E-state index is 0. The number of nitro benzene ring substituents is 2. The van der Waals surface area contributed by atoms with Gasteiger partial charge in [-0.25, -0.2) is 9.18 Å². The van der Waals surface area contributed by atoms with Gasteiger partial charge < -0.3 is 70.0 Å². The van der Waals surface area contributed by atoms with Crippen LogP contribution in [0.4, 0.5) is 32.8 Å². The fourth-order valence-corrected chi connectivity index (χ4v) is 16.1. The summed E-state index contributed by atoms with van der Waals surface area (Å²) >= 11 is 6.58. The molecule has 4 aliphatic heterocycles. The maximum Gasteiger partial charge on any atom is 1.00 e. The molecule has 2 amide bonds. The van der Waals surface area contributed by atoms with Gasteiger partial charge in [-0.15, -0.1) is 0 Å². The van der Waals surface area contributed by atoms with Crippen LogP contribution in [0.3, 0.4) is 0 Å². The van der Waals surface area contributed by atoms with Gasteiger partial charge in [-0.3, -0.25) is 49.4 Å². The van der Waals surface area contributed by atoms with Crippen molar-refractivity contribution in [1.29, 1.82) is 0 Å². The summed E-state index contributed by atoms with van der Waals surface area (Å²) in [4.78, 5) is 66.4. The average molecular weight is 1940 g/mol. The van der Waals surface area contributed by atoms with Crippen LogP contribution in [-0.4, -0.2) is 221 Å². The standard InChI is InChI=1S/C30H29FN2O3.C23H23BrN2O3.C16H18N2O4.C16H20N2O2.C10H7NO3.C7H5BrO2.Na.H2O/c1-21-19-24(31)9-10-25(21)22-5-4-6-23(20-22)30(34)32-28-11-12-29(27-8-3-2-7-26(27)28)36-18-15-33-13-16-35-17-14-33;24-18-5-3-4-17(16-18)23(27)25-21-8-9-22(20-7-2-1-6-19(20)21)29-15-12-26-10-13-28-14-11-26;19-18(20)15-5-6-16(14-4-2-1-3-13(14)15)22-12-9-17-7-10-21-11-8-17;17-15-5-6-16(14-4-2-1-3-13(14)15)20-12-9-18-7-10-19-11-8-18;12-10-6-5-9(11(13)14)7-3-1-2-4-8(7)10;8-6-3-1-2-5(4-6)7(9)10;;/h2-12,19-20H,13-18H2,1H3,(H,32,34);1-9,16H,10-15H2,(H,25,27);1-6H,7-12H2;1-6H,7-12,17H2;1-6,12H;1-4H,(H,9,10);;1H2/q;;;;;;+1;/p-1. The number of halogens is 3. The Bertz CT molecular complexity index is 6260. The van der Waals surface area contributed by atoms with Crippen LogP contribution in [0.25, 0.3) is 65.0 Å². The largest absolute Gasteiger partial charge is 1.00 e. The third kappa shape index (κ3) is 29.2. The van der Waals surface area contributed by atoms with Gasteiger partial charge in [0.25, 0.3) is 23.2 Å². The third-order valence-electron chi connectivity index (χ3n) is 22.2. The van der Waals surface area contributed by atoms with E-state index in [2.05, 4.69) is 68.2 Å². The van der Waals surface area contributed by atoms with Crippen molar-refractivity contribution in [3.63, 3.8) is 0 Å². The molecule has 14 aromatic carbocycles. The zero-order valence-corrected chi connectivity index (χ0v) is 79.0. The quantitative estimate of drug-likeness (QED) is 0.0162. The smallest absolute Gasteiger partial charge is 0.870 e. The molecule has 18 rings (SSSR count). The summed E-state index contributed by atoms with van der Waals surface area (Å²) < 4.78 is 60.6. The number of carbonyl (C=O) groups is 3. The number of amides is 2. The summed E-state index contributed by atoms with van der Waals surface area (Å²) in [7, 11) is 0. The molecular weight excluding hydrogens is 1840 g/mol. The van der Waals surface area contributed by atoms with E-state index < -0.39 is 10.9 Å².